The average molecular weight is 625 g/mol. The summed E-state index contributed by atoms with van der Waals surface area (Å²) in [6.07, 6.45) is 0. The fourth-order valence-corrected chi connectivity index (χ4v) is 5.10. The Hall–Kier alpha value is -3.37. The van der Waals surface area contributed by atoms with Crippen molar-refractivity contribution in [2.45, 2.75) is 14.7 Å². The zero-order valence-electron chi connectivity index (χ0n) is 19.1. The molecule has 0 atom stereocenters. The number of nitrogens with zero attached hydrogens (tertiary/aromatic N) is 2. The van der Waals surface area contributed by atoms with E-state index in [9.17, 15) is 44.3 Å². The normalized spacial score (nSPS) is 12.6. The van der Waals surface area contributed by atoms with Crippen LogP contribution in [0.15, 0.2) is 67.4 Å². The Kier molecular flexibility index (Phi) is 8.82. The number of hydrogen-bond donors (Lipinski definition) is 4. The van der Waals surface area contributed by atoms with Crippen molar-refractivity contribution in [3.05, 3.63) is 42.5 Å². The van der Waals surface area contributed by atoms with Gasteiger partial charge in [0, 0.05) is 5.39 Å². The molecule has 0 radical (unpaired) electrons. The smallest absolute Gasteiger partial charge is 0.397 e. The Bertz CT molecular complexity index is 1800. The molecule has 0 amide bonds. The molecule has 39 heavy (non-hydrogen) atoms. The van der Waals surface area contributed by atoms with Crippen LogP contribution in [-0.2, 0) is 43.8 Å². The van der Waals surface area contributed by atoms with E-state index in [1.165, 1.54) is 25.3 Å². The van der Waals surface area contributed by atoms with Gasteiger partial charge in [0.1, 0.15) is 27.8 Å². The highest BCUT2D eigenvalue weighted by Crippen LogP contribution is 2.42. The predicted molar refractivity (Wildman–Crippen MR) is 132 cm³/mol. The van der Waals surface area contributed by atoms with Crippen molar-refractivity contribution in [2.24, 2.45) is 10.2 Å². The molecule has 3 aromatic carbocycles. The Morgan fingerprint density at radius 1 is 0.923 bits per heavy atom. The molecule has 0 spiro atoms. The van der Waals surface area contributed by atoms with E-state index in [0.29, 0.717) is 18.1 Å². The molecule has 4 N–H and O–H groups in total. The van der Waals surface area contributed by atoms with Crippen molar-refractivity contribution < 1.29 is 61.9 Å². The van der Waals surface area contributed by atoms with Crippen molar-refractivity contribution in [3.63, 3.8) is 0 Å². The molecule has 0 saturated carbocycles. The number of benzene rings is 3. The Balaban J connectivity index is 2.05. The maximum Gasteiger partial charge on any atom is 0.397 e. The van der Waals surface area contributed by atoms with E-state index in [1.54, 1.807) is 0 Å². The molecule has 0 saturated heterocycles. The summed E-state index contributed by atoms with van der Waals surface area (Å²) >= 11 is 0.444. The summed E-state index contributed by atoms with van der Waals surface area (Å²) in [5.74, 6) is -1.68. The van der Waals surface area contributed by atoms with Crippen LogP contribution in [0.5, 0.6) is 11.5 Å². The lowest BCUT2D eigenvalue weighted by Gasteiger charge is -2.11. The number of fused-ring (bicyclic) bond motifs is 1. The SMILES string of the molecule is COc1ccc(SOC(=O)COS(=O)(=O)O)cc1N=Nc1c(O)ccc2cc(S(=O)(=O)O)cc(S(=O)(=O)O)c12. The first-order valence-corrected chi connectivity index (χ1v) is 14.8. The molecule has 16 nitrogen and oxygen atoms in total. The van der Waals surface area contributed by atoms with Gasteiger partial charge in [0.15, 0.2) is 6.61 Å². The molecule has 0 fully saturated rings. The second-order valence-corrected chi connectivity index (χ2v) is 11.9. The van der Waals surface area contributed by atoms with Gasteiger partial charge in [-0.1, -0.05) is 6.07 Å². The first-order chi connectivity index (χ1) is 18.0. The van der Waals surface area contributed by atoms with Crippen LogP contribution in [0.25, 0.3) is 10.8 Å². The number of rotatable bonds is 10. The van der Waals surface area contributed by atoms with Gasteiger partial charge in [-0.2, -0.15) is 25.3 Å². The third kappa shape index (κ3) is 7.83. The van der Waals surface area contributed by atoms with E-state index in [0.717, 1.165) is 18.2 Å². The molecule has 210 valence electrons. The van der Waals surface area contributed by atoms with Crippen molar-refractivity contribution in [1.82, 2.24) is 0 Å². The van der Waals surface area contributed by atoms with E-state index in [1.807, 2.05) is 0 Å². The molecule has 3 rings (SSSR count). The van der Waals surface area contributed by atoms with Crippen molar-refractivity contribution in [1.29, 1.82) is 0 Å². The Morgan fingerprint density at radius 3 is 2.21 bits per heavy atom. The lowest BCUT2D eigenvalue weighted by Crippen LogP contribution is -2.13. The van der Waals surface area contributed by atoms with Crippen LogP contribution < -0.4 is 4.74 Å². The zero-order valence-corrected chi connectivity index (χ0v) is 22.4. The summed E-state index contributed by atoms with van der Waals surface area (Å²) in [5.41, 5.74) is -0.553. The fourth-order valence-electron chi connectivity index (χ4n) is 2.97. The summed E-state index contributed by atoms with van der Waals surface area (Å²) in [7, 11) is -13.6. The van der Waals surface area contributed by atoms with Crippen LogP contribution in [0.1, 0.15) is 0 Å². The highest BCUT2D eigenvalue weighted by Gasteiger charge is 2.24. The summed E-state index contributed by atoms with van der Waals surface area (Å²) < 4.78 is 110. The first kappa shape index (κ1) is 30.2. The number of azo groups is 1. The molecule has 0 aliphatic heterocycles. The van der Waals surface area contributed by atoms with Crippen LogP contribution in [0.3, 0.4) is 0 Å². The standard InChI is InChI=1S/C19H16N2O14S4/c1-33-15-5-3-11(36-35-17(23)9-34-39(30,31)32)7-13(15)20-21-19-14(22)4-2-10-6-12(37(24,25)26)8-16(18(10)19)38(27,28)29/h2-8,22H,9H2,1H3,(H,24,25,26)(H,27,28,29)(H,30,31,32). The number of hydrogen-bond acceptors (Lipinski definition) is 14. The van der Waals surface area contributed by atoms with E-state index in [-0.39, 0.29) is 21.7 Å². The molecular formula is C19H16N2O14S4. The average Bonchev–Trinajstić information content (AvgIpc) is 2.83. The van der Waals surface area contributed by atoms with Gasteiger partial charge in [0.25, 0.3) is 20.2 Å². The minimum Gasteiger partial charge on any atom is -0.506 e. The third-order valence-electron chi connectivity index (χ3n) is 4.55. The molecule has 3 aromatic rings. The molecule has 0 aliphatic rings. The molecule has 0 unspecified atom stereocenters. The van der Waals surface area contributed by atoms with E-state index in [4.69, 9.17) is 13.5 Å². The maximum atomic E-state index is 12.0. The van der Waals surface area contributed by atoms with Gasteiger partial charge < -0.3 is 14.0 Å². The monoisotopic (exact) mass is 624 g/mol. The summed E-state index contributed by atoms with van der Waals surface area (Å²) in [4.78, 5) is 9.94. The van der Waals surface area contributed by atoms with Crippen LogP contribution in [-0.4, -0.2) is 63.7 Å². The van der Waals surface area contributed by atoms with Crippen LogP contribution in [0.2, 0.25) is 0 Å². The summed E-state index contributed by atoms with van der Waals surface area (Å²) in [6.45, 7) is -1.11. The number of aromatic hydroxyl groups is 1. The number of carbonyl (C=O) groups is 1. The van der Waals surface area contributed by atoms with Gasteiger partial charge in [0.2, 0.25) is 0 Å². The van der Waals surface area contributed by atoms with Crippen LogP contribution >= 0.6 is 12.0 Å². The minimum absolute atomic E-state index is 0.0490. The molecule has 0 heterocycles. The quantitative estimate of drug-likeness (QED) is 0.144. The van der Waals surface area contributed by atoms with Gasteiger partial charge >= 0.3 is 16.4 Å². The summed E-state index contributed by atoms with van der Waals surface area (Å²) in [5, 5.41) is 17.6. The largest absolute Gasteiger partial charge is 0.506 e. The summed E-state index contributed by atoms with van der Waals surface area (Å²) in [6, 6.07) is 7.55. The molecule has 20 heteroatoms. The molecular weight excluding hydrogens is 608 g/mol. The van der Waals surface area contributed by atoms with E-state index >= 15 is 0 Å². The minimum atomic E-state index is -5.11. The first-order valence-electron chi connectivity index (χ1n) is 9.83. The van der Waals surface area contributed by atoms with Crippen molar-refractivity contribution >= 4 is 70.8 Å². The number of phenolic OH excluding ortho intramolecular Hbond substituents is 1. The molecule has 0 aromatic heterocycles. The van der Waals surface area contributed by atoms with Gasteiger partial charge in [-0.05, 0) is 41.8 Å². The highest BCUT2D eigenvalue weighted by molar-refractivity contribution is 7.95. The van der Waals surface area contributed by atoms with E-state index < -0.39 is 69.8 Å². The lowest BCUT2D eigenvalue weighted by molar-refractivity contribution is -0.135. The highest BCUT2D eigenvalue weighted by atomic mass is 32.3. The Morgan fingerprint density at radius 2 is 1.62 bits per heavy atom. The van der Waals surface area contributed by atoms with Gasteiger partial charge in [-0.15, -0.1) is 10.2 Å². The zero-order chi connectivity index (χ0) is 29.2. The molecule has 0 bridgehead atoms. The number of carbonyl (C=O) groups excluding carboxylic acids is 1. The van der Waals surface area contributed by atoms with Crippen LogP contribution in [0.4, 0.5) is 11.4 Å². The van der Waals surface area contributed by atoms with Gasteiger partial charge in [-0.25, -0.2) is 8.98 Å². The number of phenols is 1. The van der Waals surface area contributed by atoms with Gasteiger partial charge in [-0.3, -0.25) is 13.7 Å². The van der Waals surface area contributed by atoms with Gasteiger partial charge in [0.05, 0.1) is 28.9 Å². The second kappa shape index (κ2) is 11.4. The van der Waals surface area contributed by atoms with E-state index in [2.05, 4.69) is 14.4 Å². The topological polar surface area (TPSA) is 253 Å². The Labute approximate surface area is 224 Å². The predicted octanol–water partition coefficient (Wildman–Crippen LogP) is 2.83. The second-order valence-electron chi connectivity index (χ2n) is 7.17. The van der Waals surface area contributed by atoms with Crippen LogP contribution in [0, 0.1) is 0 Å². The molecule has 0 aliphatic carbocycles. The third-order valence-corrected chi connectivity index (χ3v) is 7.39. The maximum absolute atomic E-state index is 12.0. The van der Waals surface area contributed by atoms with Crippen molar-refractivity contribution in [3.8, 4) is 11.5 Å². The fraction of sp³-hybridized carbons (Fsp3) is 0.105. The number of ether oxygens (including phenoxy) is 1. The van der Waals surface area contributed by atoms with Crippen molar-refractivity contribution in [2.75, 3.05) is 13.7 Å². The number of methoxy groups -OCH3 is 1. The lowest BCUT2D eigenvalue weighted by atomic mass is 10.1.